The number of amidine groups is 1. The number of rotatable bonds is 7. The molecular weight excluding hydrogens is 436 g/mol. The minimum atomic E-state index is -0.914. The molecule has 0 saturated heterocycles. The standard InChI is InChI=1S/C25H32N4O3S/c1-18-8-6-9-19(2)22(18)28-23(31)25(11-4-3-5-12-25)29(16-20-10-7-15-32-20)21(30)17-33-24-26-13-14-27-24/h6-10,15H,3-5,11-14,16-17H2,1-2H3,(H,26,27)(H,28,31). The molecule has 2 heterocycles. The zero-order valence-electron chi connectivity index (χ0n) is 19.4. The Morgan fingerprint density at radius 1 is 1.15 bits per heavy atom. The molecule has 7 nitrogen and oxygen atoms in total. The molecule has 2 N–H and O–H groups in total. The van der Waals surface area contributed by atoms with Crippen molar-refractivity contribution in [2.75, 3.05) is 24.2 Å². The Bertz CT molecular complexity index is 992. The van der Waals surface area contributed by atoms with Crippen LogP contribution in [-0.4, -0.2) is 46.3 Å². The van der Waals surface area contributed by atoms with E-state index >= 15 is 0 Å². The van der Waals surface area contributed by atoms with Crippen LogP contribution in [0.4, 0.5) is 5.69 Å². The monoisotopic (exact) mass is 468 g/mol. The number of benzene rings is 1. The van der Waals surface area contributed by atoms with Crippen LogP contribution in [0.1, 0.15) is 49.0 Å². The molecule has 1 fully saturated rings. The van der Waals surface area contributed by atoms with Gasteiger partial charge in [-0.15, -0.1) is 0 Å². The van der Waals surface area contributed by atoms with Gasteiger partial charge >= 0.3 is 0 Å². The average molecular weight is 469 g/mol. The number of thioether (sulfide) groups is 1. The normalized spacial score (nSPS) is 17.2. The van der Waals surface area contributed by atoms with Gasteiger partial charge in [0.2, 0.25) is 11.8 Å². The number of carbonyl (C=O) groups is 2. The number of carbonyl (C=O) groups excluding carboxylic acids is 2. The number of nitrogens with zero attached hydrogens (tertiary/aromatic N) is 2. The summed E-state index contributed by atoms with van der Waals surface area (Å²) in [6.45, 7) is 5.79. The second kappa shape index (κ2) is 10.5. The van der Waals surface area contributed by atoms with Crippen molar-refractivity contribution in [1.29, 1.82) is 0 Å². The van der Waals surface area contributed by atoms with E-state index in [-0.39, 0.29) is 24.1 Å². The second-order valence-corrected chi connectivity index (χ2v) is 9.74. The summed E-state index contributed by atoms with van der Waals surface area (Å²) in [7, 11) is 0. The van der Waals surface area contributed by atoms with E-state index in [2.05, 4.69) is 15.6 Å². The van der Waals surface area contributed by atoms with Crippen molar-refractivity contribution >= 4 is 34.4 Å². The molecule has 1 aromatic heterocycles. The van der Waals surface area contributed by atoms with E-state index in [4.69, 9.17) is 4.42 Å². The molecule has 2 amide bonds. The molecule has 0 unspecified atom stereocenters. The summed E-state index contributed by atoms with van der Waals surface area (Å²) in [6, 6.07) is 9.65. The van der Waals surface area contributed by atoms with Crippen molar-refractivity contribution in [3.05, 3.63) is 53.5 Å². The van der Waals surface area contributed by atoms with Gasteiger partial charge in [0.25, 0.3) is 0 Å². The molecular formula is C25H32N4O3S. The van der Waals surface area contributed by atoms with Crippen LogP contribution in [0.5, 0.6) is 0 Å². The quantitative estimate of drug-likeness (QED) is 0.634. The topological polar surface area (TPSA) is 86.9 Å². The van der Waals surface area contributed by atoms with Gasteiger partial charge in [-0.25, -0.2) is 0 Å². The maximum absolute atomic E-state index is 14.0. The van der Waals surface area contributed by atoms with E-state index in [1.165, 1.54) is 11.8 Å². The molecule has 1 aliphatic carbocycles. The van der Waals surface area contributed by atoms with Gasteiger partial charge in [-0.1, -0.05) is 49.2 Å². The predicted molar refractivity (Wildman–Crippen MR) is 132 cm³/mol. The third-order valence-corrected chi connectivity index (χ3v) is 7.45. The van der Waals surface area contributed by atoms with Crippen molar-refractivity contribution in [3.63, 3.8) is 0 Å². The fraction of sp³-hybridized carbons (Fsp3) is 0.480. The van der Waals surface area contributed by atoms with E-state index in [1.807, 2.05) is 44.2 Å². The van der Waals surface area contributed by atoms with Crippen LogP contribution in [0.2, 0.25) is 0 Å². The van der Waals surface area contributed by atoms with E-state index < -0.39 is 5.54 Å². The van der Waals surface area contributed by atoms with Crippen molar-refractivity contribution in [2.24, 2.45) is 4.99 Å². The number of nitrogens with one attached hydrogen (secondary N) is 2. The fourth-order valence-electron chi connectivity index (χ4n) is 4.72. The molecule has 1 saturated carbocycles. The number of hydrogen-bond donors (Lipinski definition) is 2. The molecule has 8 heteroatoms. The van der Waals surface area contributed by atoms with Gasteiger partial charge in [0, 0.05) is 12.2 Å². The number of aliphatic imine (C=N–C) groups is 1. The van der Waals surface area contributed by atoms with E-state index in [9.17, 15) is 9.59 Å². The van der Waals surface area contributed by atoms with Crippen molar-refractivity contribution < 1.29 is 14.0 Å². The smallest absolute Gasteiger partial charge is 0.250 e. The SMILES string of the molecule is Cc1cccc(C)c1NC(=O)C1(N(Cc2ccco2)C(=O)CSC2=NCCN2)CCCCC1. The number of furan rings is 1. The van der Waals surface area contributed by atoms with Crippen LogP contribution in [0, 0.1) is 13.8 Å². The summed E-state index contributed by atoms with van der Waals surface area (Å²) in [6.07, 6.45) is 5.76. The number of amides is 2. The highest BCUT2D eigenvalue weighted by atomic mass is 32.2. The van der Waals surface area contributed by atoms with E-state index in [0.29, 0.717) is 18.6 Å². The lowest BCUT2D eigenvalue weighted by molar-refractivity contribution is -0.147. The van der Waals surface area contributed by atoms with E-state index in [0.717, 1.165) is 54.3 Å². The summed E-state index contributed by atoms with van der Waals surface area (Å²) >= 11 is 1.40. The Labute approximate surface area is 199 Å². The minimum Gasteiger partial charge on any atom is -0.467 e. The lowest BCUT2D eigenvalue weighted by atomic mass is 9.79. The molecule has 4 rings (SSSR count). The third-order valence-electron chi connectivity index (χ3n) is 6.51. The maximum Gasteiger partial charge on any atom is 0.250 e. The molecule has 1 aliphatic heterocycles. The first-order valence-electron chi connectivity index (χ1n) is 11.6. The first kappa shape index (κ1) is 23.4. The van der Waals surface area contributed by atoms with Gasteiger partial charge in [0.1, 0.15) is 11.3 Å². The Hall–Kier alpha value is -2.74. The summed E-state index contributed by atoms with van der Waals surface area (Å²) in [4.78, 5) is 33.7. The van der Waals surface area contributed by atoms with Crippen LogP contribution in [0.25, 0.3) is 0 Å². The highest BCUT2D eigenvalue weighted by Crippen LogP contribution is 2.37. The molecule has 176 valence electrons. The highest BCUT2D eigenvalue weighted by Gasteiger charge is 2.47. The molecule has 2 aromatic rings. The molecule has 2 aliphatic rings. The minimum absolute atomic E-state index is 0.0774. The number of aryl methyl sites for hydroxylation is 2. The van der Waals surface area contributed by atoms with Gasteiger partial charge in [-0.05, 0) is 49.9 Å². The number of anilines is 1. The lowest BCUT2D eigenvalue weighted by Crippen LogP contribution is -2.60. The molecule has 0 spiro atoms. The maximum atomic E-state index is 14.0. The first-order chi connectivity index (χ1) is 16.0. The lowest BCUT2D eigenvalue weighted by Gasteiger charge is -2.45. The third kappa shape index (κ3) is 5.27. The van der Waals surface area contributed by atoms with Crippen LogP contribution in [0.15, 0.2) is 46.0 Å². The summed E-state index contributed by atoms with van der Waals surface area (Å²) in [5.74, 6) is 0.715. The summed E-state index contributed by atoms with van der Waals surface area (Å²) < 4.78 is 5.60. The number of hydrogen-bond acceptors (Lipinski definition) is 6. The summed E-state index contributed by atoms with van der Waals surface area (Å²) in [5.41, 5.74) is 1.94. The van der Waals surface area contributed by atoms with Crippen molar-refractivity contribution in [1.82, 2.24) is 10.2 Å². The predicted octanol–water partition coefficient (Wildman–Crippen LogP) is 4.26. The van der Waals surface area contributed by atoms with Crippen molar-refractivity contribution in [2.45, 2.75) is 58.0 Å². The van der Waals surface area contributed by atoms with Gasteiger partial charge in [0.15, 0.2) is 5.17 Å². The Kier molecular flexibility index (Phi) is 7.42. The van der Waals surface area contributed by atoms with Gasteiger partial charge in [-0.2, -0.15) is 0 Å². The van der Waals surface area contributed by atoms with Crippen LogP contribution in [-0.2, 0) is 16.1 Å². The zero-order chi connectivity index (χ0) is 23.3. The largest absolute Gasteiger partial charge is 0.467 e. The second-order valence-electron chi connectivity index (χ2n) is 8.77. The highest BCUT2D eigenvalue weighted by molar-refractivity contribution is 8.14. The molecule has 33 heavy (non-hydrogen) atoms. The van der Waals surface area contributed by atoms with Crippen LogP contribution in [0.3, 0.4) is 0 Å². The van der Waals surface area contributed by atoms with Gasteiger partial charge in [-0.3, -0.25) is 14.6 Å². The Morgan fingerprint density at radius 2 is 1.91 bits per heavy atom. The molecule has 0 radical (unpaired) electrons. The molecule has 0 atom stereocenters. The van der Waals surface area contributed by atoms with Gasteiger partial charge < -0.3 is 20.0 Å². The Balaban J connectivity index is 1.64. The number of para-hydroxylation sites is 1. The molecule has 0 bridgehead atoms. The molecule has 1 aromatic carbocycles. The van der Waals surface area contributed by atoms with E-state index in [1.54, 1.807) is 11.2 Å². The van der Waals surface area contributed by atoms with Crippen molar-refractivity contribution in [3.8, 4) is 0 Å². The average Bonchev–Trinajstić information content (AvgIpc) is 3.53. The first-order valence-corrected chi connectivity index (χ1v) is 12.6. The van der Waals surface area contributed by atoms with Gasteiger partial charge in [0.05, 0.1) is 25.1 Å². The zero-order valence-corrected chi connectivity index (χ0v) is 20.2. The Morgan fingerprint density at radius 3 is 2.55 bits per heavy atom. The summed E-state index contributed by atoms with van der Waals surface area (Å²) in [5, 5.41) is 7.18. The fourth-order valence-corrected chi connectivity index (χ4v) is 5.52. The van der Waals surface area contributed by atoms with Crippen LogP contribution < -0.4 is 10.6 Å². The van der Waals surface area contributed by atoms with Crippen LogP contribution >= 0.6 is 11.8 Å².